The van der Waals surface area contributed by atoms with Crippen LogP contribution < -0.4 is 5.32 Å². The molecule has 1 saturated heterocycles. The molecule has 1 fully saturated rings. The SMILES string of the molecule is Cc1cc(C)n([C@@H]2CCN(C(=O)NCc3nc(C)c4c(n3)CCCC4)C2)n1. The number of fused-ring (bicyclic) bond motifs is 1. The first kappa shape index (κ1) is 17.9. The summed E-state index contributed by atoms with van der Waals surface area (Å²) in [6, 6.07) is 2.29. The molecule has 2 aromatic heterocycles. The van der Waals surface area contributed by atoms with Gasteiger partial charge in [0.2, 0.25) is 0 Å². The fourth-order valence-electron chi connectivity index (χ4n) is 4.33. The minimum atomic E-state index is -0.0435. The van der Waals surface area contributed by atoms with Crippen molar-refractivity contribution in [2.24, 2.45) is 0 Å². The summed E-state index contributed by atoms with van der Waals surface area (Å²) in [5, 5.41) is 7.57. The number of nitrogens with one attached hydrogen (secondary N) is 1. The zero-order chi connectivity index (χ0) is 19.0. The molecule has 2 amide bonds. The van der Waals surface area contributed by atoms with Crippen LogP contribution in [0.1, 0.15) is 59.5 Å². The molecule has 2 aliphatic rings. The van der Waals surface area contributed by atoms with Crippen molar-refractivity contribution in [3.05, 3.63) is 40.2 Å². The van der Waals surface area contributed by atoms with E-state index in [9.17, 15) is 4.79 Å². The van der Waals surface area contributed by atoms with Gasteiger partial charge in [-0.25, -0.2) is 14.8 Å². The Labute approximate surface area is 160 Å². The molecule has 1 aliphatic carbocycles. The molecule has 27 heavy (non-hydrogen) atoms. The Morgan fingerprint density at radius 3 is 2.81 bits per heavy atom. The third kappa shape index (κ3) is 3.68. The first-order valence-corrected chi connectivity index (χ1v) is 9.92. The van der Waals surface area contributed by atoms with Crippen molar-refractivity contribution in [1.29, 1.82) is 0 Å². The zero-order valence-corrected chi connectivity index (χ0v) is 16.5. The average Bonchev–Trinajstić information content (AvgIpc) is 3.26. The van der Waals surface area contributed by atoms with Crippen LogP contribution in [0.25, 0.3) is 0 Å². The first-order chi connectivity index (χ1) is 13.0. The van der Waals surface area contributed by atoms with Crippen LogP contribution >= 0.6 is 0 Å². The van der Waals surface area contributed by atoms with Gasteiger partial charge in [0.1, 0.15) is 5.82 Å². The highest BCUT2D eigenvalue weighted by atomic mass is 16.2. The third-order valence-electron chi connectivity index (χ3n) is 5.68. The van der Waals surface area contributed by atoms with Gasteiger partial charge in [-0.2, -0.15) is 5.10 Å². The van der Waals surface area contributed by atoms with Crippen LogP contribution in [-0.2, 0) is 19.4 Å². The lowest BCUT2D eigenvalue weighted by atomic mass is 9.95. The molecule has 1 atom stereocenters. The van der Waals surface area contributed by atoms with Crippen LogP contribution in [0.5, 0.6) is 0 Å². The predicted octanol–water partition coefficient (Wildman–Crippen LogP) is 2.63. The maximum atomic E-state index is 12.6. The van der Waals surface area contributed by atoms with Gasteiger partial charge in [-0.3, -0.25) is 4.68 Å². The molecule has 0 saturated carbocycles. The summed E-state index contributed by atoms with van der Waals surface area (Å²) < 4.78 is 2.05. The Kier molecular flexibility index (Phi) is 4.85. The molecule has 4 rings (SSSR count). The van der Waals surface area contributed by atoms with Gasteiger partial charge in [0.05, 0.1) is 18.3 Å². The Bertz CT molecular complexity index is 858. The second-order valence-corrected chi connectivity index (χ2v) is 7.78. The quantitative estimate of drug-likeness (QED) is 0.904. The fraction of sp³-hybridized carbons (Fsp3) is 0.600. The van der Waals surface area contributed by atoms with E-state index >= 15 is 0 Å². The smallest absolute Gasteiger partial charge is 0.317 e. The summed E-state index contributed by atoms with van der Waals surface area (Å²) in [7, 11) is 0. The number of nitrogens with zero attached hydrogens (tertiary/aromatic N) is 5. The van der Waals surface area contributed by atoms with E-state index in [4.69, 9.17) is 4.98 Å². The third-order valence-corrected chi connectivity index (χ3v) is 5.68. The number of amides is 2. The molecule has 7 heteroatoms. The van der Waals surface area contributed by atoms with Crippen LogP contribution in [0.15, 0.2) is 6.07 Å². The van der Waals surface area contributed by atoms with Gasteiger partial charge in [0, 0.05) is 30.2 Å². The molecule has 1 N–H and O–H groups in total. The highest BCUT2D eigenvalue weighted by molar-refractivity contribution is 5.74. The van der Waals surface area contributed by atoms with Gasteiger partial charge in [-0.15, -0.1) is 0 Å². The van der Waals surface area contributed by atoms with E-state index in [2.05, 4.69) is 40.0 Å². The van der Waals surface area contributed by atoms with Gasteiger partial charge in [0.15, 0.2) is 0 Å². The van der Waals surface area contributed by atoms with Crippen LogP contribution in [0, 0.1) is 20.8 Å². The molecule has 7 nitrogen and oxygen atoms in total. The van der Waals surface area contributed by atoms with E-state index < -0.39 is 0 Å². The predicted molar refractivity (Wildman–Crippen MR) is 103 cm³/mol. The second kappa shape index (κ2) is 7.29. The lowest BCUT2D eigenvalue weighted by Crippen LogP contribution is -2.38. The largest absolute Gasteiger partial charge is 0.331 e. The molecule has 0 aromatic carbocycles. The Balaban J connectivity index is 1.36. The summed E-state index contributed by atoms with van der Waals surface area (Å²) >= 11 is 0. The zero-order valence-electron chi connectivity index (χ0n) is 16.5. The van der Waals surface area contributed by atoms with Crippen LogP contribution in [-0.4, -0.2) is 43.8 Å². The van der Waals surface area contributed by atoms with E-state index in [0.717, 1.165) is 48.7 Å². The van der Waals surface area contributed by atoms with Crippen LogP contribution in [0.4, 0.5) is 4.79 Å². The molecule has 2 aromatic rings. The maximum absolute atomic E-state index is 12.6. The van der Waals surface area contributed by atoms with Crippen molar-refractivity contribution < 1.29 is 4.79 Å². The van der Waals surface area contributed by atoms with E-state index in [-0.39, 0.29) is 12.1 Å². The Hall–Kier alpha value is -2.44. The van der Waals surface area contributed by atoms with Crippen molar-refractivity contribution in [1.82, 2.24) is 30.0 Å². The monoisotopic (exact) mass is 368 g/mol. The van der Waals surface area contributed by atoms with Gasteiger partial charge < -0.3 is 10.2 Å². The number of hydrogen-bond acceptors (Lipinski definition) is 4. The maximum Gasteiger partial charge on any atom is 0.317 e. The van der Waals surface area contributed by atoms with Gasteiger partial charge in [0.25, 0.3) is 0 Å². The summed E-state index contributed by atoms with van der Waals surface area (Å²) in [5.74, 6) is 0.718. The van der Waals surface area contributed by atoms with Crippen molar-refractivity contribution in [2.75, 3.05) is 13.1 Å². The molecule has 0 bridgehead atoms. The molecular formula is C20H28N6O. The molecular weight excluding hydrogens is 340 g/mol. The lowest BCUT2D eigenvalue weighted by Gasteiger charge is -2.19. The highest BCUT2D eigenvalue weighted by Gasteiger charge is 2.28. The Morgan fingerprint density at radius 1 is 1.22 bits per heavy atom. The normalized spacial score (nSPS) is 19.2. The summed E-state index contributed by atoms with van der Waals surface area (Å²) in [6.45, 7) is 7.95. The number of likely N-dealkylation sites (tertiary alicyclic amines) is 1. The van der Waals surface area contributed by atoms with E-state index in [1.807, 2.05) is 11.8 Å². The minimum absolute atomic E-state index is 0.0435. The number of rotatable bonds is 3. The average molecular weight is 368 g/mol. The summed E-state index contributed by atoms with van der Waals surface area (Å²) in [5.41, 5.74) is 5.72. The lowest BCUT2D eigenvalue weighted by molar-refractivity contribution is 0.206. The molecule has 0 radical (unpaired) electrons. The number of hydrogen-bond donors (Lipinski definition) is 1. The Morgan fingerprint density at radius 2 is 2.04 bits per heavy atom. The second-order valence-electron chi connectivity index (χ2n) is 7.78. The van der Waals surface area contributed by atoms with Crippen LogP contribution in [0.3, 0.4) is 0 Å². The summed E-state index contributed by atoms with van der Waals surface area (Å²) in [4.78, 5) is 23.8. The minimum Gasteiger partial charge on any atom is -0.331 e. The van der Waals surface area contributed by atoms with Gasteiger partial charge in [-0.1, -0.05) is 0 Å². The van der Waals surface area contributed by atoms with Gasteiger partial charge in [-0.05, 0) is 64.5 Å². The fourth-order valence-corrected chi connectivity index (χ4v) is 4.33. The van der Waals surface area contributed by atoms with E-state index in [0.29, 0.717) is 13.1 Å². The van der Waals surface area contributed by atoms with Crippen LogP contribution in [0.2, 0.25) is 0 Å². The number of urea groups is 1. The molecule has 0 spiro atoms. The number of aryl methyl sites for hydroxylation is 4. The number of carbonyl (C=O) groups is 1. The van der Waals surface area contributed by atoms with Crippen molar-refractivity contribution in [3.8, 4) is 0 Å². The first-order valence-electron chi connectivity index (χ1n) is 9.92. The molecule has 1 aliphatic heterocycles. The van der Waals surface area contributed by atoms with E-state index in [1.54, 1.807) is 0 Å². The van der Waals surface area contributed by atoms with E-state index in [1.165, 1.54) is 24.1 Å². The number of aromatic nitrogens is 4. The summed E-state index contributed by atoms with van der Waals surface area (Å²) in [6.07, 6.45) is 5.45. The van der Waals surface area contributed by atoms with Crippen molar-refractivity contribution in [2.45, 2.75) is 65.5 Å². The molecule has 144 valence electrons. The molecule has 3 heterocycles. The highest BCUT2D eigenvalue weighted by Crippen LogP contribution is 2.24. The topological polar surface area (TPSA) is 75.9 Å². The molecule has 0 unspecified atom stereocenters. The van der Waals surface area contributed by atoms with Crippen molar-refractivity contribution in [3.63, 3.8) is 0 Å². The van der Waals surface area contributed by atoms with Crippen molar-refractivity contribution >= 4 is 6.03 Å². The number of carbonyl (C=O) groups excluding carboxylic acids is 1. The standard InChI is InChI=1S/C20H28N6O/c1-13-10-14(2)26(24-13)16-8-9-25(12-16)20(27)21-11-19-22-15(3)17-6-4-5-7-18(17)23-19/h10,16H,4-9,11-12H2,1-3H3,(H,21,27)/t16-/m1/s1. The van der Waals surface area contributed by atoms with Gasteiger partial charge >= 0.3 is 6.03 Å².